The van der Waals surface area contributed by atoms with Crippen molar-refractivity contribution >= 4 is 5.97 Å². The molecule has 20 heavy (non-hydrogen) atoms. The Morgan fingerprint density at radius 2 is 1.85 bits per heavy atom. The molecule has 1 heterocycles. The lowest BCUT2D eigenvalue weighted by molar-refractivity contribution is -0.137. The summed E-state index contributed by atoms with van der Waals surface area (Å²) in [6.45, 7) is 0. The van der Waals surface area contributed by atoms with E-state index in [-0.39, 0.29) is 6.42 Å². The molecule has 4 heteroatoms. The van der Waals surface area contributed by atoms with Crippen LogP contribution in [-0.2, 0) is 11.2 Å². The molecule has 5 rings (SSSR count). The smallest absolute Gasteiger partial charge is 0.303 e. The standard InChI is InChI=1S/C16H21NO3/c18-15(19)2-1-14-17-8-13(20-14)16-11-4-9-3-10(6-11)7-12(16)5-9/h8-12,16H,1-7H2,(H,18,19). The molecule has 0 aromatic carbocycles. The number of carboxylic acids is 1. The maximum Gasteiger partial charge on any atom is 0.303 e. The fourth-order valence-corrected chi connectivity index (χ4v) is 5.20. The van der Waals surface area contributed by atoms with Crippen LogP contribution in [0.15, 0.2) is 10.6 Å². The molecule has 0 saturated heterocycles. The molecule has 0 aliphatic heterocycles. The number of aromatic nitrogens is 1. The number of nitrogens with zero attached hydrogens (tertiary/aromatic N) is 1. The van der Waals surface area contributed by atoms with Gasteiger partial charge in [0.2, 0.25) is 0 Å². The number of aryl methyl sites for hydroxylation is 1. The van der Waals surface area contributed by atoms with E-state index >= 15 is 0 Å². The van der Waals surface area contributed by atoms with E-state index in [1.54, 1.807) is 0 Å². The first-order valence-electron chi connectivity index (χ1n) is 7.85. The number of hydrogen-bond donors (Lipinski definition) is 1. The minimum atomic E-state index is -0.792. The van der Waals surface area contributed by atoms with Gasteiger partial charge in [0, 0.05) is 12.3 Å². The van der Waals surface area contributed by atoms with Gasteiger partial charge >= 0.3 is 5.97 Å². The Morgan fingerprint density at radius 1 is 1.20 bits per heavy atom. The van der Waals surface area contributed by atoms with Gasteiger partial charge in [-0.3, -0.25) is 4.79 Å². The van der Waals surface area contributed by atoms with E-state index in [4.69, 9.17) is 9.52 Å². The van der Waals surface area contributed by atoms with Crippen LogP contribution >= 0.6 is 0 Å². The number of rotatable bonds is 4. The van der Waals surface area contributed by atoms with Crippen LogP contribution in [-0.4, -0.2) is 16.1 Å². The van der Waals surface area contributed by atoms with Gasteiger partial charge in [-0.05, 0) is 55.8 Å². The first-order chi connectivity index (χ1) is 9.69. The van der Waals surface area contributed by atoms with Gasteiger partial charge in [0.25, 0.3) is 0 Å². The van der Waals surface area contributed by atoms with E-state index in [0.29, 0.717) is 18.2 Å². The van der Waals surface area contributed by atoms with Gasteiger partial charge in [-0.15, -0.1) is 0 Å². The van der Waals surface area contributed by atoms with Crippen molar-refractivity contribution in [3.8, 4) is 0 Å². The third kappa shape index (κ3) is 2.05. The van der Waals surface area contributed by atoms with Crippen LogP contribution in [0.3, 0.4) is 0 Å². The van der Waals surface area contributed by atoms with Crippen molar-refractivity contribution in [1.82, 2.24) is 4.98 Å². The molecule has 1 aromatic heterocycles. The van der Waals surface area contributed by atoms with Gasteiger partial charge in [-0.1, -0.05) is 0 Å². The molecule has 0 radical (unpaired) electrons. The molecule has 1 aromatic rings. The second-order valence-electron chi connectivity index (χ2n) is 7.01. The van der Waals surface area contributed by atoms with Gasteiger partial charge in [0.05, 0.1) is 12.6 Å². The molecule has 0 amide bonds. The summed E-state index contributed by atoms with van der Waals surface area (Å²) in [7, 11) is 0. The van der Waals surface area contributed by atoms with Crippen LogP contribution in [0.25, 0.3) is 0 Å². The van der Waals surface area contributed by atoms with E-state index in [0.717, 1.165) is 29.4 Å². The van der Waals surface area contributed by atoms with Gasteiger partial charge in [0.1, 0.15) is 5.76 Å². The quantitative estimate of drug-likeness (QED) is 0.916. The summed E-state index contributed by atoms with van der Waals surface area (Å²) < 4.78 is 5.89. The lowest BCUT2D eigenvalue weighted by Crippen LogP contribution is -2.43. The summed E-state index contributed by atoms with van der Waals surface area (Å²) in [6, 6.07) is 0. The third-order valence-electron chi connectivity index (χ3n) is 5.68. The maximum atomic E-state index is 10.6. The molecule has 1 N–H and O–H groups in total. The fourth-order valence-electron chi connectivity index (χ4n) is 5.20. The number of aliphatic carboxylic acids is 1. The Balaban J connectivity index is 1.51. The van der Waals surface area contributed by atoms with Crippen molar-refractivity contribution in [3.05, 3.63) is 17.8 Å². The molecule has 4 saturated carbocycles. The fraction of sp³-hybridized carbons (Fsp3) is 0.750. The number of carbonyl (C=O) groups is 1. The van der Waals surface area contributed by atoms with Crippen molar-refractivity contribution in [2.75, 3.05) is 0 Å². The van der Waals surface area contributed by atoms with Crippen molar-refractivity contribution in [1.29, 1.82) is 0 Å². The molecule has 108 valence electrons. The highest BCUT2D eigenvalue weighted by atomic mass is 16.4. The molecule has 4 aliphatic rings. The van der Waals surface area contributed by atoms with E-state index in [1.165, 1.54) is 32.1 Å². The van der Waals surface area contributed by atoms with Gasteiger partial charge < -0.3 is 9.52 Å². The first kappa shape index (κ1) is 12.4. The topological polar surface area (TPSA) is 63.3 Å². The summed E-state index contributed by atoms with van der Waals surface area (Å²) in [6.07, 6.45) is 9.28. The van der Waals surface area contributed by atoms with Crippen LogP contribution in [0.2, 0.25) is 0 Å². The average Bonchev–Trinajstić information content (AvgIpc) is 2.83. The lowest BCUT2D eigenvalue weighted by Gasteiger charge is -2.53. The van der Waals surface area contributed by atoms with Crippen LogP contribution in [0, 0.1) is 23.7 Å². The van der Waals surface area contributed by atoms with Crippen LogP contribution in [0.4, 0.5) is 0 Å². The second-order valence-corrected chi connectivity index (χ2v) is 7.01. The number of hydrogen-bond acceptors (Lipinski definition) is 3. The van der Waals surface area contributed by atoms with Crippen LogP contribution in [0.1, 0.15) is 56.1 Å². The first-order valence-corrected chi connectivity index (χ1v) is 7.85. The van der Waals surface area contributed by atoms with Crippen molar-refractivity contribution in [3.63, 3.8) is 0 Å². The number of oxazole rings is 1. The molecule has 0 unspecified atom stereocenters. The highest BCUT2D eigenvalue weighted by Crippen LogP contribution is 2.59. The minimum absolute atomic E-state index is 0.0988. The van der Waals surface area contributed by atoms with Gasteiger partial charge in [-0.25, -0.2) is 4.98 Å². The summed E-state index contributed by atoms with van der Waals surface area (Å²) in [4.78, 5) is 14.9. The molecule has 4 fully saturated rings. The molecule has 0 spiro atoms. The number of carboxylic acid groups (broad SMARTS) is 1. The van der Waals surface area contributed by atoms with E-state index in [9.17, 15) is 4.79 Å². The van der Waals surface area contributed by atoms with E-state index < -0.39 is 5.97 Å². The van der Waals surface area contributed by atoms with Crippen molar-refractivity contribution in [2.45, 2.75) is 50.9 Å². The SMILES string of the molecule is O=C(O)CCc1ncc(C2C3CC4CC(C3)CC2C4)o1. The Kier molecular flexibility index (Phi) is 2.86. The average molecular weight is 275 g/mol. The molecule has 4 nitrogen and oxygen atoms in total. The summed E-state index contributed by atoms with van der Waals surface area (Å²) in [5, 5.41) is 8.73. The predicted octanol–water partition coefficient (Wildman–Crippen LogP) is 3.23. The zero-order valence-corrected chi connectivity index (χ0v) is 11.6. The molecular weight excluding hydrogens is 254 g/mol. The Labute approximate surface area is 118 Å². The molecule has 4 aliphatic carbocycles. The maximum absolute atomic E-state index is 10.6. The van der Waals surface area contributed by atoms with Crippen LogP contribution in [0.5, 0.6) is 0 Å². The lowest BCUT2D eigenvalue weighted by atomic mass is 9.51. The van der Waals surface area contributed by atoms with Gasteiger partial charge in [-0.2, -0.15) is 0 Å². The van der Waals surface area contributed by atoms with Crippen molar-refractivity contribution in [2.24, 2.45) is 23.7 Å². The normalized spacial score (nSPS) is 38.3. The Hall–Kier alpha value is -1.32. The monoisotopic (exact) mass is 275 g/mol. The largest absolute Gasteiger partial charge is 0.481 e. The summed E-state index contributed by atoms with van der Waals surface area (Å²) >= 11 is 0. The predicted molar refractivity (Wildman–Crippen MR) is 72.2 cm³/mol. The summed E-state index contributed by atoms with van der Waals surface area (Å²) in [5.74, 6) is 4.87. The van der Waals surface area contributed by atoms with Crippen LogP contribution < -0.4 is 0 Å². The zero-order valence-electron chi connectivity index (χ0n) is 11.6. The summed E-state index contributed by atoms with van der Waals surface area (Å²) in [5.41, 5.74) is 0. The second kappa shape index (κ2) is 4.61. The van der Waals surface area contributed by atoms with Gasteiger partial charge in [0.15, 0.2) is 5.89 Å². The molecule has 0 atom stereocenters. The van der Waals surface area contributed by atoms with Crippen molar-refractivity contribution < 1.29 is 14.3 Å². The highest BCUT2D eigenvalue weighted by Gasteiger charge is 2.49. The zero-order chi connectivity index (χ0) is 13.7. The highest BCUT2D eigenvalue weighted by molar-refractivity contribution is 5.66. The molecular formula is C16H21NO3. The van der Waals surface area contributed by atoms with E-state index in [1.807, 2.05) is 6.20 Å². The third-order valence-corrected chi connectivity index (χ3v) is 5.68. The van der Waals surface area contributed by atoms with E-state index in [2.05, 4.69) is 4.98 Å². The Bertz CT molecular complexity index is 494. The Morgan fingerprint density at radius 3 is 2.45 bits per heavy atom. The molecule has 4 bridgehead atoms. The minimum Gasteiger partial charge on any atom is -0.481 e.